The van der Waals surface area contributed by atoms with E-state index in [1.807, 2.05) is 12.1 Å². The molecule has 0 spiro atoms. The second-order valence-electron chi connectivity index (χ2n) is 8.76. The lowest BCUT2D eigenvalue weighted by Crippen LogP contribution is -2.49. The average molecular weight is 393 g/mol. The minimum Gasteiger partial charge on any atom is -0.497 e. The van der Waals surface area contributed by atoms with Crippen molar-refractivity contribution in [1.29, 1.82) is 0 Å². The van der Waals surface area contributed by atoms with Gasteiger partial charge in [0.1, 0.15) is 5.75 Å². The lowest BCUT2D eigenvalue weighted by Gasteiger charge is -2.39. The van der Waals surface area contributed by atoms with E-state index in [1.54, 1.807) is 7.11 Å². The Balaban J connectivity index is 1.60. The van der Waals surface area contributed by atoms with Crippen LogP contribution < -0.4 is 4.74 Å². The minimum absolute atomic E-state index is 0.304. The van der Waals surface area contributed by atoms with Crippen molar-refractivity contribution in [1.82, 2.24) is 9.80 Å². The van der Waals surface area contributed by atoms with Gasteiger partial charge < -0.3 is 14.5 Å². The van der Waals surface area contributed by atoms with Crippen LogP contribution in [-0.4, -0.2) is 49.0 Å². The predicted octanol–water partition coefficient (Wildman–Crippen LogP) is 4.16. The molecule has 1 saturated carbocycles. The number of carbonyl (C=O) groups is 1. The Labute approximate surface area is 174 Å². The third-order valence-corrected chi connectivity index (χ3v) is 6.67. The van der Waals surface area contributed by atoms with Crippen LogP contribution in [0.2, 0.25) is 0 Å². The summed E-state index contributed by atoms with van der Waals surface area (Å²) in [6.45, 7) is 4.91. The van der Waals surface area contributed by atoms with E-state index >= 15 is 0 Å². The maximum atomic E-state index is 13.9. The summed E-state index contributed by atoms with van der Waals surface area (Å²) >= 11 is 0. The first-order valence-corrected chi connectivity index (χ1v) is 10.7. The number of carbonyl (C=O) groups excluding carboxylic acids is 1. The molecule has 2 aromatic rings. The van der Waals surface area contributed by atoms with Gasteiger partial charge in [-0.05, 0) is 76.0 Å². The van der Waals surface area contributed by atoms with Gasteiger partial charge in [-0.1, -0.05) is 42.0 Å². The van der Waals surface area contributed by atoms with Crippen LogP contribution in [0.25, 0.3) is 0 Å². The number of rotatable bonds is 6. The number of methoxy groups -OCH3 is 1. The molecule has 4 nitrogen and oxygen atoms in total. The quantitative estimate of drug-likeness (QED) is 0.740. The van der Waals surface area contributed by atoms with Gasteiger partial charge in [-0.15, -0.1) is 0 Å². The summed E-state index contributed by atoms with van der Waals surface area (Å²) in [7, 11) is 3.85. The van der Waals surface area contributed by atoms with Crippen LogP contribution in [0, 0.1) is 6.92 Å². The highest BCUT2D eigenvalue weighted by molar-refractivity contribution is 5.91. The summed E-state index contributed by atoms with van der Waals surface area (Å²) < 4.78 is 5.30. The molecular formula is C25H32N2O2. The molecule has 1 amide bonds. The third kappa shape index (κ3) is 4.18. The molecule has 0 aromatic heterocycles. The molecule has 0 unspecified atom stereocenters. The van der Waals surface area contributed by atoms with Crippen molar-refractivity contribution in [2.24, 2.45) is 0 Å². The van der Waals surface area contributed by atoms with E-state index < -0.39 is 0 Å². The molecule has 2 fully saturated rings. The molecule has 1 aliphatic heterocycles. The van der Waals surface area contributed by atoms with Crippen molar-refractivity contribution >= 4 is 5.91 Å². The summed E-state index contributed by atoms with van der Waals surface area (Å²) in [6.07, 6.45) is 3.98. The number of ether oxygens (including phenoxy) is 1. The lowest BCUT2D eigenvalue weighted by molar-refractivity contribution is -0.138. The number of likely N-dealkylation sites (tertiary alicyclic amines) is 1. The first-order chi connectivity index (χ1) is 14.0. The highest BCUT2D eigenvalue weighted by Gasteiger charge is 2.53. The molecule has 0 atom stereocenters. The normalized spacial score (nSPS) is 19.0. The van der Waals surface area contributed by atoms with Crippen LogP contribution in [0.5, 0.6) is 5.75 Å². The Hall–Kier alpha value is -2.33. The fourth-order valence-electron chi connectivity index (χ4n) is 4.50. The minimum atomic E-state index is -0.347. The van der Waals surface area contributed by atoms with Crippen LogP contribution >= 0.6 is 0 Å². The summed E-state index contributed by atoms with van der Waals surface area (Å²) in [5.41, 5.74) is 3.25. The van der Waals surface area contributed by atoms with Gasteiger partial charge in [-0.25, -0.2) is 0 Å². The molecule has 154 valence electrons. The maximum Gasteiger partial charge on any atom is 0.233 e. The van der Waals surface area contributed by atoms with Gasteiger partial charge >= 0.3 is 0 Å². The molecule has 0 bridgehead atoms. The Kier molecular flexibility index (Phi) is 5.64. The molecule has 2 aliphatic rings. The van der Waals surface area contributed by atoms with Gasteiger partial charge in [0, 0.05) is 12.6 Å². The van der Waals surface area contributed by atoms with E-state index in [1.165, 1.54) is 11.1 Å². The summed E-state index contributed by atoms with van der Waals surface area (Å²) in [5, 5.41) is 0. The van der Waals surface area contributed by atoms with Crippen molar-refractivity contribution in [3.8, 4) is 5.75 Å². The SMILES string of the molecule is COc1ccc(C2(C(=O)N(Cc3ccc(C)cc3)C3CCN(C)CC3)CC2)cc1. The zero-order chi connectivity index (χ0) is 20.4. The smallest absolute Gasteiger partial charge is 0.233 e. The van der Waals surface area contributed by atoms with Gasteiger partial charge in [0.25, 0.3) is 0 Å². The number of benzene rings is 2. The van der Waals surface area contributed by atoms with E-state index in [2.05, 4.69) is 60.2 Å². The van der Waals surface area contributed by atoms with Gasteiger partial charge in [-0.2, -0.15) is 0 Å². The number of aryl methyl sites for hydroxylation is 1. The molecule has 0 N–H and O–H groups in total. The Morgan fingerprint density at radius 2 is 1.69 bits per heavy atom. The van der Waals surface area contributed by atoms with E-state index in [4.69, 9.17) is 4.74 Å². The van der Waals surface area contributed by atoms with Gasteiger partial charge in [0.15, 0.2) is 0 Å². The molecule has 1 aliphatic carbocycles. The topological polar surface area (TPSA) is 32.8 Å². The number of nitrogens with zero attached hydrogens (tertiary/aromatic N) is 2. The van der Waals surface area contributed by atoms with Gasteiger partial charge in [0.05, 0.1) is 12.5 Å². The second kappa shape index (κ2) is 8.19. The maximum absolute atomic E-state index is 13.9. The molecule has 0 radical (unpaired) electrons. The number of hydrogen-bond donors (Lipinski definition) is 0. The lowest BCUT2D eigenvalue weighted by atomic mass is 9.91. The number of amides is 1. The van der Waals surface area contributed by atoms with Crippen molar-refractivity contribution in [3.05, 3.63) is 65.2 Å². The highest BCUT2D eigenvalue weighted by Crippen LogP contribution is 2.50. The summed E-state index contributed by atoms with van der Waals surface area (Å²) in [4.78, 5) is 18.5. The van der Waals surface area contributed by atoms with E-state index in [-0.39, 0.29) is 5.41 Å². The number of hydrogen-bond acceptors (Lipinski definition) is 3. The van der Waals surface area contributed by atoms with Crippen molar-refractivity contribution in [2.45, 2.75) is 50.6 Å². The zero-order valence-electron chi connectivity index (χ0n) is 17.9. The average Bonchev–Trinajstić information content (AvgIpc) is 3.56. The van der Waals surface area contributed by atoms with Crippen LogP contribution in [0.3, 0.4) is 0 Å². The van der Waals surface area contributed by atoms with Gasteiger partial charge in [0.2, 0.25) is 5.91 Å². The van der Waals surface area contributed by atoms with Crippen molar-refractivity contribution in [2.75, 3.05) is 27.2 Å². The highest BCUT2D eigenvalue weighted by atomic mass is 16.5. The van der Waals surface area contributed by atoms with Crippen molar-refractivity contribution < 1.29 is 9.53 Å². The molecule has 29 heavy (non-hydrogen) atoms. The Bertz CT molecular complexity index is 832. The Morgan fingerprint density at radius 3 is 2.24 bits per heavy atom. The predicted molar refractivity (Wildman–Crippen MR) is 116 cm³/mol. The van der Waals surface area contributed by atoms with E-state index in [9.17, 15) is 4.79 Å². The molecule has 1 saturated heterocycles. The van der Waals surface area contributed by atoms with Crippen molar-refractivity contribution in [3.63, 3.8) is 0 Å². The number of piperidine rings is 1. The van der Waals surface area contributed by atoms with Crippen LogP contribution in [-0.2, 0) is 16.8 Å². The van der Waals surface area contributed by atoms with Crippen LogP contribution in [0.1, 0.15) is 42.4 Å². The first kappa shape index (κ1) is 20.0. The standard InChI is InChI=1S/C25H32N2O2/c1-19-4-6-20(7-5-19)18-27(22-12-16-26(2)17-13-22)24(28)25(14-15-25)21-8-10-23(29-3)11-9-21/h4-11,22H,12-18H2,1-3H3. The monoisotopic (exact) mass is 392 g/mol. The van der Waals surface area contributed by atoms with Crippen LogP contribution in [0.4, 0.5) is 0 Å². The zero-order valence-corrected chi connectivity index (χ0v) is 17.9. The molecule has 2 aromatic carbocycles. The van der Waals surface area contributed by atoms with E-state index in [0.717, 1.165) is 50.1 Å². The molecular weight excluding hydrogens is 360 g/mol. The fourth-order valence-corrected chi connectivity index (χ4v) is 4.50. The fraction of sp³-hybridized carbons (Fsp3) is 0.480. The molecule has 4 rings (SSSR count). The van der Waals surface area contributed by atoms with Gasteiger partial charge in [-0.3, -0.25) is 4.79 Å². The molecule has 4 heteroatoms. The van der Waals surface area contributed by atoms with E-state index in [0.29, 0.717) is 18.5 Å². The Morgan fingerprint density at radius 1 is 1.07 bits per heavy atom. The summed E-state index contributed by atoms with van der Waals surface area (Å²) in [5.74, 6) is 1.14. The third-order valence-electron chi connectivity index (χ3n) is 6.67. The second-order valence-corrected chi connectivity index (χ2v) is 8.76. The largest absolute Gasteiger partial charge is 0.497 e. The van der Waals surface area contributed by atoms with Crippen LogP contribution in [0.15, 0.2) is 48.5 Å². The first-order valence-electron chi connectivity index (χ1n) is 10.7. The summed E-state index contributed by atoms with van der Waals surface area (Å²) in [6, 6.07) is 17.0. The molecule has 1 heterocycles.